The third kappa shape index (κ3) is 2.15. The summed E-state index contributed by atoms with van der Waals surface area (Å²) in [5, 5.41) is 9.16. The number of rotatable bonds is 3. The average Bonchev–Trinajstić information content (AvgIpc) is 2.88. The van der Waals surface area contributed by atoms with Crippen LogP contribution in [0.5, 0.6) is 0 Å². The summed E-state index contributed by atoms with van der Waals surface area (Å²) in [6, 6.07) is 1.55. The minimum atomic E-state index is -0.276. The fourth-order valence-electron chi connectivity index (χ4n) is 1.92. The molecule has 2 amide bonds. The van der Waals surface area contributed by atoms with Gasteiger partial charge in [0.2, 0.25) is 5.91 Å². The van der Waals surface area contributed by atoms with Crippen LogP contribution < -0.4 is 10.6 Å². The van der Waals surface area contributed by atoms with Gasteiger partial charge in [0, 0.05) is 24.9 Å². The van der Waals surface area contributed by atoms with Gasteiger partial charge in [0.15, 0.2) is 5.69 Å². The Morgan fingerprint density at radius 2 is 2.35 bits per heavy atom. The van der Waals surface area contributed by atoms with E-state index in [2.05, 4.69) is 15.8 Å². The standard InChI is InChI=1S/C11H13N3O3/c15-10-3-7(5-12-10)13-11(16)8-4-9(17-14-8)6-1-2-6/h4,6-7H,1-3,5H2,(H,12,15)(H,13,16)/t7-/m1/s1. The van der Waals surface area contributed by atoms with E-state index < -0.39 is 0 Å². The molecule has 0 aromatic carbocycles. The molecule has 1 aliphatic carbocycles. The molecule has 90 valence electrons. The van der Waals surface area contributed by atoms with Gasteiger partial charge in [-0.3, -0.25) is 9.59 Å². The maximum Gasteiger partial charge on any atom is 0.273 e. The topological polar surface area (TPSA) is 84.2 Å². The first-order valence-corrected chi connectivity index (χ1v) is 5.76. The Balaban J connectivity index is 1.62. The molecule has 0 spiro atoms. The fourth-order valence-corrected chi connectivity index (χ4v) is 1.92. The number of aromatic nitrogens is 1. The molecular weight excluding hydrogens is 222 g/mol. The van der Waals surface area contributed by atoms with E-state index in [9.17, 15) is 9.59 Å². The SMILES string of the molecule is O=C1C[C@@H](NC(=O)c2cc(C3CC3)on2)CN1. The first kappa shape index (κ1) is 10.3. The molecule has 2 fully saturated rings. The average molecular weight is 235 g/mol. The summed E-state index contributed by atoms with van der Waals surface area (Å²) in [5.74, 6) is 0.922. The normalized spacial score (nSPS) is 23.5. The summed E-state index contributed by atoms with van der Waals surface area (Å²) < 4.78 is 5.10. The Hall–Kier alpha value is -1.85. The van der Waals surface area contributed by atoms with Gasteiger partial charge in [0.1, 0.15) is 5.76 Å². The molecule has 3 rings (SSSR count). The van der Waals surface area contributed by atoms with Crippen LogP contribution in [-0.2, 0) is 4.79 Å². The number of nitrogens with zero attached hydrogens (tertiary/aromatic N) is 1. The van der Waals surface area contributed by atoms with E-state index in [1.54, 1.807) is 6.07 Å². The van der Waals surface area contributed by atoms with Gasteiger partial charge in [-0.15, -0.1) is 0 Å². The second-order valence-electron chi connectivity index (χ2n) is 4.57. The Bertz CT molecular complexity index is 464. The van der Waals surface area contributed by atoms with Crippen LogP contribution in [0.1, 0.15) is 41.4 Å². The van der Waals surface area contributed by atoms with Crippen LogP contribution in [-0.4, -0.2) is 29.6 Å². The molecule has 2 heterocycles. The minimum absolute atomic E-state index is 0.0332. The molecular formula is C11H13N3O3. The molecule has 1 aromatic heterocycles. The summed E-state index contributed by atoms with van der Waals surface area (Å²) in [6.07, 6.45) is 2.55. The molecule has 1 saturated heterocycles. The van der Waals surface area contributed by atoms with Crippen molar-refractivity contribution in [3.63, 3.8) is 0 Å². The van der Waals surface area contributed by atoms with Gasteiger partial charge in [0.05, 0.1) is 6.04 Å². The molecule has 0 unspecified atom stereocenters. The van der Waals surface area contributed by atoms with Gasteiger partial charge in [-0.25, -0.2) is 0 Å². The van der Waals surface area contributed by atoms with Crippen molar-refractivity contribution >= 4 is 11.8 Å². The van der Waals surface area contributed by atoms with Gasteiger partial charge in [0.25, 0.3) is 5.91 Å². The predicted octanol–water partition coefficient (Wildman–Crippen LogP) is 0.170. The van der Waals surface area contributed by atoms with Crippen molar-refractivity contribution in [2.45, 2.75) is 31.2 Å². The van der Waals surface area contributed by atoms with Crippen molar-refractivity contribution in [2.24, 2.45) is 0 Å². The molecule has 1 aliphatic heterocycles. The molecule has 1 aromatic rings. The summed E-state index contributed by atoms with van der Waals surface area (Å²) in [6.45, 7) is 0.484. The fraction of sp³-hybridized carbons (Fsp3) is 0.545. The zero-order chi connectivity index (χ0) is 11.8. The van der Waals surface area contributed by atoms with E-state index in [1.165, 1.54) is 0 Å². The zero-order valence-electron chi connectivity index (χ0n) is 9.23. The Kier molecular flexibility index (Phi) is 2.35. The second kappa shape index (κ2) is 3.87. The van der Waals surface area contributed by atoms with E-state index in [0.717, 1.165) is 18.6 Å². The van der Waals surface area contributed by atoms with E-state index >= 15 is 0 Å². The molecule has 6 heteroatoms. The van der Waals surface area contributed by atoms with E-state index in [0.29, 0.717) is 24.6 Å². The number of carbonyl (C=O) groups is 2. The lowest BCUT2D eigenvalue weighted by molar-refractivity contribution is -0.119. The molecule has 6 nitrogen and oxygen atoms in total. The molecule has 0 radical (unpaired) electrons. The van der Waals surface area contributed by atoms with Gasteiger partial charge in [-0.1, -0.05) is 5.16 Å². The van der Waals surface area contributed by atoms with Crippen LogP contribution in [0.25, 0.3) is 0 Å². The molecule has 0 bridgehead atoms. The van der Waals surface area contributed by atoms with Crippen molar-refractivity contribution in [1.29, 1.82) is 0 Å². The second-order valence-corrected chi connectivity index (χ2v) is 4.57. The number of amides is 2. The third-order valence-corrected chi connectivity index (χ3v) is 3.05. The number of carbonyl (C=O) groups excluding carboxylic acids is 2. The maximum atomic E-state index is 11.8. The number of nitrogens with one attached hydrogen (secondary N) is 2. The first-order chi connectivity index (χ1) is 8.22. The van der Waals surface area contributed by atoms with Crippen molar-refractivity contribution in [2.75, 3.05) is 6.54 Å². The summed E-state index contributed by atoms with van der Waals surface area (Å²) in [7, 11) is 0. The third-order valence-electron chi connectivity index (χ3n) is 3.05. The predicted molar refractivity (Wildman–Crippen MR) is 57.4 cm³/mol. The Morgan fingerprint density at radius 3 is 3.00 bits per heavy atom. The lowest BCUT2D eigenvalue weighted by Crippen LogP contribution is -2.36. The lowest BCUT2D eigenvalue weighted by atomic mass is 10.2. The molecule has 2 N–H and O–H groups in total. The Morgan fingerprint density at radius 1 is 1.53 bits per heavy atom. The Labute approximate surface area is 97.7 Å². The minimum Gasteiger partial charge on any atom is -0.360 e. The highest BCUT2D eigenvalue weighted by Crippen LogP contribution is 2.40. The quantitative estimate of drug-likeness (QED) is 0.782. The highest BCUT2D eigenvalue weighted by molar-refractivity contribution is 5.93. The van der Waals surface area contributed by atoms with Crippen LogP contribution in [0.4, 0.5) is 0 Å². The molecule has 17 heavy (non-hydrogen) atoms. The first-order valence-electron chi connectivity index (χ1n) is 5.76. The van der Waals surface area contributed by atoms with E-state index in [4.69, 9.17) is 4.52 Å². The largest absolute Gasteiger partial charge is 0.360 e. The monoisotopic (exact) mass is 235 g/mol. The highest BCUT2D eigenvalue weighted by atomic mass is 16.5. The van der Waals surface area contributed by atoms with Crippen LogP contribution in [0.3, 0.4) is 0 Å². The lowest BCUT2D eigenvalue weighted by Gasteiger charge is -2.07. The van der Waals surface area contributed by atoms with Gasteiger partial charge in [-0.2, -0.15) is 0 Å². The summed E-state index contributed by atoms with van der Waals surface area (Å²) in [5.41, 5.74) is 0.297. The molecule has 1 saturated carbocycles. The smallest absolute Gasteiger partial charge is 0.273 e. The van der Waals surface area contributed by atoms with Crippen molar-refractivity contribution in [1.82, 2.24) is 15.8 Å². The summed E-state index contributed by atoms with van der Waals surface area (Å²) >= 11 is 0. The highest BCUT2D eigenvalue weighted by Gasteiger charge is 2.30. The van der Waals surface area contributed by atoms with Crippen LogP contribution in [0, 0.1) is 0 Å². The van der Waals surface area contributed by atoms with Crippen LogP contribution in [0.15, 0.2) is 10.6 Å². The van der Waals surface area contributed by atoms with Gasteiger partial charge < -0.3 is 15.2 Å². The summed E-state index contributed by atoms with van der Waals surface area (Å²) in [4.78, 5) is 22.8. The number of hydrogen-bond donors (Lipinski definition) is 2. The number of hydrogen-bond acceptors (Lipinski definition) is 4. The van der Waals surface area contributed by atoms with Crippen LogP contribution in [0.2, 0.25) is 0 Å². The van der Waals surface area contributed by atoms with Crippen molar-refractivity contribution in [3.8, 4) is 0 Å². The van der Waals surface area contributed by atoms with Gasteiger partial charge >= 0.3 is 0 Å². The van der Waals surface area contributed by atoms with Crippen LogP contribution >= 0.6 is 0 Å². The van der Waals surface area contributed by atoms with Gasteiger partial charge in [-0.05, 0) is 12.8 Å². The molecule has 2 aliphatic rings. The maximum absolute atomic E-state index is 11.8. The van der Waals surface area contributed by atoms with E-state index in [1.807, 2.05) is 0 Å². The van der Waals surface area contributed by atoms with E-state index in [-0.39, 0.29) is 17.9 Å². The van der Waals surface area contributed by atoms with Crippen molar-refractivity contribution < 1.29 is 14.1 Å². The van der Waals surface area contributed by atoms with Crippen molar-refractivity contribution in [3.05, 3.63) is 17.5 Å². The molecule has 1 atom stereocenters. The zero-order valence-corrected chi connectivity index (χ0v) is 9.23.